The van der Waals surface area contributed by atoms with Gasteiger partial charge in [0.2, 0.25) is 0 Å². The number of nitrogens with two attached hydrogens (primary N) is 1. The lowest BCUT2D eigenvalue weighted by molar-refractivity contribution is 0.293. The van der Waals surface area contributed by atoms with Gasteiger partial charge in [0.15, 0.2) is 0 Å². The van der Waals surface area contributed by atoms with E-state index in [1.807, 2.05) is 0 Å². The van der Waals surface area contributed by atoms with Gasteiger partial charge in [-0.1, -0.05) is 20.3 Å². The fourth-order valence-corrected chi connectivity index (χ4v) is 3.46. The molecule has 0 saturated heterocycles. The topological polar surface area (TPSA) is 38.0 Å². The van der Waals surface area contributed by atoms with Crippen molar-refractivity contribution in [2.75, 3.05) is 6.54 Å². The lowest BCUT2D eigenvalue weighted by Crippen LogP contribution is -2.37. The highest BCUT2D eigenvalue weighted by Gasteiger charge is 2.31. The van der Waals surface area contributed by atoms with E-state index < -0.39 is 0 Å². The van der Waals surface area contributed by atoms with Crippen molar-refractivity contribution in [1.29, 1.82) is 0 Å². The summed E-state index contributed by atoms with van der Waals surface area (Å²) in [5.41, 5.74) is 6.59. The Hall–Kier alpha value is -0.0800. The average molecular weight is 224 g/mol. The molecule has 2 saturated carbocycles. The zero-order chi connectivity index (χ0) is 11.6. The summed E-state index contributed by atoms with van der Waals surface area (Å²) < 4.78 is 0. The fraction of sp³-hybridized carbons (Fsp3) is 1.00. The summed E-state index contributed by atoms with van der Waals surface area (Å²) in [6.07, 6.45) is 9.31. The first-order valence-electron chi connectivity index (χ1n) is 7.04. The molecule has 0 heterocycles. The molecule has 0 spiro atoms. The molecule has 94 valence electrons. The normalized spacial score (nSPS) is 38.8. The minimum absolute atomic E-state index is 0.473. The van der Waals surface area contributed by atoms with Crippen LogP contribution in [0.25, 0.3) is 0 Å². The van der Waals surface area contributed by atoms with E-state index in [4.69, 9.17) is 5.73 Å². The molecule has 16 heavy (non-hydrogen) atoms. The van der Waals surface area contributed by atoms with Crippen LogP contribution < -0.4 is 11.1 Å². The van der Waals surface area contributed by atoms with Crippen molar-refractivity contribution >= 4 is 0 Å². The minimum atomic E-state index is 0.473. The van der Waals surface area contributed by atoms with Crippen molar-refractivity contribution in [2.24, 2.45) is 17.1 Å². The smallest absolute Gasteiger partial charge is 0.00724 e. The molecule has 3 N–H and O–H groups in total. The lowest BCUT2D eigenvalue weighted by atomic mass is 9.86. The van der Waals surface area contributed by atoms with Gasteiger partial charge in [-0.25, -0.2) is 0 Å². The number of hydrogen-bond donors (Lipinski definition) is 2. The molecule has 2 aliphatic rings. The largest absolute Gasteiger partial charge is 0.328 e. The summed E-state index contributed by atoms with van der Waals surface area (Å²) in [5, 5.41) is 3.77. The number of hydrogen-bond acceptors (Lipinski definition) is 2. The third-order valence-electron chi connectivity index (χ3n) is 4.49. The standard InChI is InChI=1S/C14H28N2/c1-14(2)7-6-13(9-14)16-10-11-4-3-5-12(15)8-11/h11-13,16H,3-10,15H2,1-2H3. The molecule has 0 aliphatic heterocycles. The van der Waals surface area contributed by atoms with Crippen LogP contribution in [0.1, 0.15) is 58.8 Å². The van der Waals surface area contributed by atoms with E-state index in [-0.39, 0.29) is 0 Å². The third kappa shape index (κ3) is 3.46. The molecule has 0 aromatic heterocycles. The van der Waals surface area contributed by atoms with Gasteiger partial charge in [-0.2, -0.15) is 0 Å². The van der Waals surface area contributed by atoms with Crippen molar-refractivity contribution in [3.63, 3.8) is 0 Å². The second-order valence-corrected chi connectivity index (χ2v) is 6.80. The Morgan fingerprint density at radius 3 is 2.69 bits per heavy atom. The van der Waals surface area contributed by atoms with Crippen LogP contribution in [0.3, 0.4) is 0 Å². The van der Waals surface area contributed by atoms with Gasteiger partial charge in [-0.3, -0.25) is 0 Å². The van der Waals surface area contributed by atoms with Gasteiger partial charge >= 0.3 is 0 Å². The van der Waals surface area contributed by atoms with E-state index in [0.717, 1.165) is 12.0 Å². The maximum absolute atomic E-state index is 6.02. The monoisotopic (exact) mass is 224 g/mol. The van der Waals surface area contributed by atoms with E-state index in [0.29, 0.717) is 11.5 Å². The highest BCUT2D eigenvalue weighted by Crippen LogP contribution is 2.37. The van der Waals surface area contributed by atoms with Gasteiger partial charge in [-0.15, -0.1) is 0 Å². The molecule has 0 aromatic carbocycles. The van der Waals surface area contributed by atoms with Crippen LogP contribution in [-0.4, -0.2) is 18.6 Å². The maximum atomic E-state index is 6.02. The third-order valence-corrected chi connectivity index (χ3v) is 4.49. The highest BCUT2D eigenvalue weighted by atomic mass is 14.9. The van der Waals surface area contributed by atoms with E-state index >= 15 is 0 Å². The lowest BCUT2D eigenvalue weighted by Gasteiger charge is -2.28. The number of rotatable bonds is 3. The Labute approximate surface area is 100 Å². The molecule has 0 radical (unpaired) electrons. The quantitative estimate of drug-likeness (QED) is 0.773. The molecule has 2 heteroatoms. The van der Waals surface area contributed by atoms with Crippen LogP contribution in [0.5, 0.6) is 0 Å². The highest BCUT2D eigenvalue weighted by molar-refractivity contribution is 4.87. The van der Waals surface area contributed by atoms with Crippen LogP contribution in [-0.2, 0) is 0 Å². The Balaban J connectivity index is 1.68. The van der Waals surface area contributed by atoms with Crippen molar-refractivity contribution in [3.05, 3.63) is 0 Å². The molecular weight excluding hydrogens is 196 g/mol. The molecule has 3 atom stereocenters. The SMILES string of the molecule is CC1(C)CCC(NCC2CCCC(N)C2)C1. The Morgan fingerprint density at radius 2 is 2.06 bits per heavy atom. The summed E-state index contributed by atoms with van der Waals surface area (Å²) in [7, 11) is 0. The van der Waals surface area contributed by atoms with E-state index in [9.17, 15) is 0 Å². The first kappa shape index (κ1) is 12.4. The van der Waals surface area contributed by atoms with Gasteiger partial charge in [-0.05, 0) is 56.4 Å². The van der Waals surface area contributed by atoms with Crippen LogP contribution in [0, 0.1) is 11.3 Å². The van der Waals surface area contributed by atoms with Gasteiger partial charge in [0.25, 0.3) is 0 Å². The molecule has 2 aliphatic carbocycles. The summed E-state index contributed by atoms with van der Waals surface area (Å²) in [4.78, 5) is 0. The van der Waals surface area contributed by atoms with Crippen LogP contribution in [0.4, 0.5) is 0 Å². The summed E-state index contributed by atoms with van der Waals surface area (Å²) in [6.45, 7) is 5.99. The average Bonchev–Trinajstić information content (AvgIpc) is 2.56. The predicted molar refractivity (Wildman–Crippen MR) is 69.4 cm³/mol. The van der Waals surface area contributed by atoms with Crippen molar-refractivity contribution in [1.82, 2.24) is 5.32 Å². The van der Waals surface area contributed by atoms with Gasteiger partial charge in [0.1, 0.15) is 0 Å². The number of nitrogens with one attached hydrogen (secondary N) is 1. The molecule has 2 rings (SSSR count). The maximum Gasteiger partial charge on any atom is 0.00724 e. The molecule has 0 amide bonds. The molecule has 2 nitrogen and oxygen atoms in total. The predicted octanol–water partition coefficient (Wildman–Crippen LogP) is 2.67. The van der Waals surface area contributed by atoms with Crippen molar-refractivity contribution in [3.8, 4) is 0 Å². The Bertz CT molecular complexity index is 223. The minimum Gasteiger partial charge on any atom is -0.328 e. The molecule has 0 bridgehead atoms. The zero-order valence-corrected chi connectivity index (χ0v) is 11.0. The Kier molecular flexibility index (Phi) is 3.91. The van der Waals surface area contributed by atoms with E-state index in [1.165, 1.54) is 51.5 Å². The summed E-state index contributed by atoms with van der Waals surface area (Å²) in [5.74, 6) is 0.840. The molecular formula is C14H28N2. The molecule has 3 unspecified atom stereocenters. The summed E-state index contributed by atoms with van der Waals surface area (Å²) >= 11 is 0. The van der Waals surface area contributed by atoms with E-state index in [1.54, 1.807) is 0 Å². The van der Waals surface area contributed by atoms with Crippen LogP contribution in [0.15, 0.2) is 0 Å². The van der Waals surface area contributed by atoms with Crippen molar-refractivity contribution < 1.29 is 0 Å². The molecule has 0 aromatic rings. The van der Waals surface area contributed by atoms with Crippen LogP contribution in [0.2, 0.25) is 0 Å². The second kappa shape index (κ2) is 5.05. The van der Waals surface area contributed by atoms with E-state index in [2.05, 4.69) is 19.2 Å². The summed E-state index contributed by atoms with van der Waals surface area (Å²) in [6, 6.07) is 1.24. The first-order chi connectivity index (χ1) is 7.55. The van der Waals surface area contributed by atoms with Gasteiger partial charge in [0.05, 0.1) is 0 Å². The molecule has 2 fully saturated rings. The fourth-order valence-electron chi connectivity index (χ4n) is 3.46. The van der Waals surface area contributed by atoms with Crippen molar-refractivity contribution in [2.45, 2.75) is 70.9 Å². The van der Waals surface area contributed by atoms with Crippen LogP contribution >= 0.6 is 0 Å². The Morgan fingerprint density at radius 1 is 1.25 bits per heavy atom. The first-order valence-corrected chi connectivity index (χ1v) is 7.04. The zero-order valence-electron chi connectivity index (χ0n) is 11.0. The second-order valence-electron chi connectivity index (χ2n) is 6.80. The van der Waals surface area contributed by atoms with Gasteiger partial charge in [0, 0.05) is 12.1 Å². The van der Waals surface area contributed by atoms with Gasteiger partial charge < -0.3 is 11.1 Å².